The summed E-state index contributed by atoms with van der Waals surface area (Å²) in [6.07, 6.45) is 3.78. The zero-order valence-corrected chi connectivity index (χ0v) is 14.9. The second kappa shape index (κ2) is 8.06. The maximum atomic E-state index is 5.53. The third kappa shape index (κ3) is 5.32. The van der Waals surface area contributed by atoms with E-state index in [0.717, 1.165) is 23.8 Å². The molecule has 2 rings (SSSR count). The quantitative estimate of drug-likeness (QED) is 0.628. The first-order chi connectivity index (χ1) is 11.0. The summed E-state index contributed by atoms with van der Waals surface area (Å²) in [5.41, 5.74) is 1.82. The lowest BCUT2D eigenvalue weighted by atomic mass is 10.2. The summed E-state index contributed by atoms with van der Waals surface area (Å²) in [5.74, 6) is 1.39. The average molecular weight is 332 g/mol. The molecule has 0 aliphatic carbocycles. The molecule has 2 N–H and O–H groups in total. The Labute approximate surface area is 142 Å². The molecule has 0 bridgehead atoms. The number of benzene rings is 1. The van der Waals surface area contributed by atoms with E-state index in [1.807, 2.05) is 42.1 Å². The molecule has 6 heteroatoms. The molecule has 0 radical (unpaired) electrons. The molecule has 0 saturated heterocycles. The van der Waals surface area contributed by atoms with Crippen LogP contribution in [0.3, 0.4) is 0 Å². The number of thioether (sulfide) groups is 1. The van der Waals surface area contributed by atoms with Gasteiger partial charge >= 0.3 is 0 Å². The van der Waals surface area contributed by atoms with E-state index in [1.165, 1.54) is 0 Å². The maximum Gasteiger partial charge on any atom is 0.226 e. The molecular weight excluding hydrogens is 308 g/mol. The van der Waals surface area contributed by atoms with E-state index >= 15 is 0 Å². The Kier molecular flexibility index (Phi) is 6.10. The Bertz CT molecular complexity index is 637. The molecule has 2 aromatic rings. The van der Waals surface area contributed by atoms with Gasteiger partial charge in [-0.3, -0.25) is 4.99 Å². The normalized spacial score (nSPS) is 12.3. The molecule has 1 aromatic carbocycles. The van der Waals surface area contributed by atoms with Crippen molar-refractivity contribution >= 4 is 17.7 Å². The number of aliphatic imine (C=N–C) groups is 1. The van der Waals surface area contributed by atoms with Gasteiger partial charge in [0.2, 0.25) is 5.89 Å². The van der Waals surface area contributed by atoms with Crippen LogP contribution in [0.2, 0.25) is 0 Å². The second-order valence-corrected chi connectivity index (χ2v) is 7.27. The van der Waals surface area contributed by atoms with E-state index in [-0.39, 0.29) is 4.75 Å². The first-order valence-electron chi connectivity index (χ1n) is 7.53. The molecule has 0 amide bonds. The van der Waals surface area contributed by atoms with Crippen molar-refractivity contribution in [2.75, 3.05) is 19.8 Å². The minimum atomic E-state index is 0.159. The van der Waals surface area contributed by atoms with Crippen LogP contribution in [0, 0.1) is 0 Å². The summed E-state index contributed by atoms with van der Waals surface area (Å²) in [6, 6.07) is 9.87. The van der Waals surface area contributed by atoms with Crippen molar-refractivity contribution in [2.45, 2.75) is 25.1 Å². The van der Waals surface area contributed by atoms with Crippen LogP contribution < -0.4 is 10.6 Å². The summed E-state index contributed by atoms with van der Waals surface area (Å²) in [5, 5.41) is 6.58. The minimum Gasteiger partial charge on any atom is -0.444 e. The Morgan fingerprint density at radius 3 is 2.65 bits per heavy atom. The highest BCUT2D eigenvalue weighted by Gasteiger charge is 2.16. The van der Waals surface area contributed by atoms with Crippen LogP contribution in [0.25, 0.3) is 11.5 Å². The van der Waals surface area contributed by atoms with Gasteiger partial charge in [-0.2, -0.15) is 11.8 Å². The topological polar surface area (TPSA) is 62.5 Å². The van der Waals surface area contributed by atoms with Crippen LogP contribution in [0.4, 0.5) is 0 Å². The highest BCUT2D eigenvalue weighted by atomic mass is 32.2. The molecule has 0 aliphatic rings. The van der Waals surface area contributed by atoms with Gasteiger partial charge in [0, 0.05) is 23.9 Å². The summed E-state index contributed by atoms with van der Waals surface area (Å²) < 4.78 is 5.69. The number of guanidine groups is 1. The van der Waals surface area contributed by atoms with Crippen molar-refractivity contribution in [1.29, 1.82) is 0 Å². The SMILES string of the molecule is CN=C(NCc1coc(-c2ccccc2)n1)NCC(C)(C)SC. The van der Waals surface area contributed by atoms with E-state index in [1.54, 1.807) is 13.3 Å². The molecule has 124 valence electrons. The van der Waals surface area contributed by atoms with Crippen molar-refractivity contribution in [3.63, 3.8) is 0 Å². The molecule has 1 heterocycles. The third-order valence-electron chi connectivity index (χ3n) is 3.47. The molecule has 0 saturated carbocycles. The number of rotatable bonds is 6. The van der Waals surface area contributed by atoms with Crippen molar-refractivity contribution in [2.24, 2.45) is 4.99 Å². The van der Waals surface area contributed by atoms with Crippen molar-refractivity contribution in [3.05, 3.63) is 42.3 Å². The lowest BCUT2D eigenvalue weighted by molar-refractivity contribution is 0.572. The van der Waals surface area contributed by atoms with E-state index in [0.29, 0.717) is 12.4 Å². The second-order valence-electron chi connectivity index (χ2n) is 5.75. The Morgan fingerprint density at radius 1 is 1.26 bits per heavy atom. The van der Waals surface area contributed by atoms with Crippen molar-refractivity contribution in [1.82, 2.24) is 15.6 Å². The molecule has 0 fully saturated rings. The van der Waals surface area contributed by atoms with E-state index in [4.69, 9.17) is 4.42 Å². The van der Waals surface area contributed by atoms with Crippen molar-refractivity contribution < 1.29 is 4.42 Å². The first kappa shape index (κ1) is 17.4. The van der Waals surface area contributed by atoms with Gasteiger partial charge in [-0.25, -0.2) is 4.98 Å². The summed E-state index contributed by atoms with van der Waals surface area (Å²) >= 11 is 1.82. The lowest BCUT2D eigenvalue weighted by Crippen LogP contribution is -2.43. The first-order valence-corrected chi connectivity index (χ1v) is 8.76. The van der Waals surface area contributed by atoms with Gasteiger partial charge in [0.05, 0.1) is 12.2 Å². The Hall–Kier alpha value is -1.95. The summed E-state index contributed by atoms with van der Waals surface area (Å²) in [7, 11) is 1.76. The van der Waals surface area contributed by atoms with Crippen LogP contribution in [-0.4, -0.2) is 35.5 Å². The number of aromatic nitrogens is 1. The van der Waals surface area contributed by atoms with Gasteiger partial charge in [-0.15, -0.1) is 0 Å². The molecular formula is C17H24N4OS. The standard InChI is InChI=1S/C17H24N4OS/c1-17(2,23-4)12-20-16(18-3)19-10-14-11-22-15(21-14)13-8-6-5-7-9-13/h5-9,11H,10,12H2,1-4H3,(H2,18,19,20). The number of hydrogen-bond acceptors (Lipinski definition) is 4. The minimum absolute atomic E-state index is 0.159. The third-order valence-corrected chi connectivity index (χ3v) is 4.72. The smallest absolute Gasteiger partial charge is 0.226 e. The zero-order chi connectivity index (χ0) is 16.7. The lowest BCUT2D eigenvalue weighted by Gasteiger charge is -2.23. The molecule has 5 nitrogen and oxygen atoms in total. The number of nitrogens with one attached hydrogen (secondary N) is 2. The Balaban J connectivity index is 1.89. The van der Waals surface area contributed by atoms with Gasteiger partial charge in [0.15, 0.2) is 5.96 Å². The Morgan fingerprint density at radius 2 is 2.00 bits per heavy atom. The van der Waals surface area contributed by atoms with Gasteiger partial charge in [-0.1, -0.05) is 18.2 Å². The molecule has 23 heavy (non-hydrogen) atoms. The molecule has 0 atom stereocenters. The monoisotopic (exact) mass is 332 g/mol. The van der Waals surface area contributed by atoms with Crippen LogP contribution in [0.15, 0.2) is 46.0 Å². The van der Waals surface area contributed by atoms with E-state index in [9.17, 15) is 0 Å². The highest BCUT2D eigenvalue weighted by Crippen LogP contribution is 2.19. The molecule has 1 aromatic heterocycles. The number of nitrogens with zero attached hydrogens (tertiary/aromatic N) is 2. The molecule has 0 spiro atoms. The number of oxazole rings is 1. The summed E-state index contributed by atoms with van der Waals surface area (Å²) in [4.78, 5) is 8.73. The fourth-order valence-corrected chi connectivity index (χ4v) is 2.08. The molecule has 0 unspecified atom stereocenters. The van der Waals surface area contributed by atoms with Crippen LogP contribution in [-0.2, 0) is 6.54 Å². The van der Waals surface area contributed by atoms with E-state index in [2.05, 4.69) is 40.7 Å². The average Bonchev–Trinajstić information content (AvgIpc) is 3.05. The van der Waals surface area contributed by atoms with Gasteiger partial charge in [0.1, 0.15) is 6.26 Å². The van der Waals surface area contributed by atoms with Crippen molar-refractivity contribution in [3.8, 4) is 11.5 Å². The summed E-state index contributed by atoms with van der Waals surface area (Å²) in [6.45, 7) is 5.79. The fourth-order valence-electron chi connectivity index (χ4n) is 1.87. The largest absolute Gasteiger partial charge is 0.444 e. The van der Waals surface area contributed by atoms with Crippen LogP contribution in [0.5, 0.6) is 0 Å². The van der Waals surface area contributed by atoms with E-state index < -0.39 is 0 Å². The molecule has 0 aliphatic heterocycles. The van der Waals surface area contributed by atoms with Gasteiger partial charge in [0.25, 0.3) is 0 Å². The predicted octanol–water partition coefficient (Wildman–Crippen LogP) is 3.15. The maximum absolute atomic E-state index is 5.53. The zero-order valence-electron chi connectivity index (χ0n) is 14.1. The van der Waals surface area contributed by atoms with Crippen LogP contribution >= 0.6 is 11.8 Å². The predicted molar refractivity (Wildman–Crippen MR) is 97.7 cm³/mol. The highest BCUT2D eigenvalue weighted by molar-refractivity contribution is 7.99. The van der Waals surface area contributed by atoms with Gasteiger partial charge < -0.3 is 15.1 Å². The van der Waals surface area contributed by atoms with Gasteiger partial charge in [-0.05, 0) is 32.2 Å². The van der Waals surface area contributed by atoms with Crippen LogP contribution in [0.1, 0.15) is 19.5 Å². The number of hydrogen-bond donors (Lipinski definition) is 2. The fraction of sp³-hybridized carbons (Fsp3) is 0.412.